The molecule has 0 N–H and O–H groups in total. The minimum Gasteiger partial charge on any atom is -0.235 e. The van der Waals surface area contributed by atoms with Gasteiger partial charge in [-0.1, -0.05) is 23.4 Å². The summed E-state index contributed by atoms with van der Waals surface area (Å²) >= 11 is 6.39. The molecule has 0 radical (unpaired) electrons. The summed E-state index contributed by atoms with van der Waals surface area (Å²) in [4.78, 5) is 3.59. The van der Waals surface area contributed by atoms with Crippen LogP contribution in [0.1, 0.15) is 0 Å². The van der Waals surface area contributed by atoms with Crippen LogP contribution < -0.4 is 0 Å². The second kappa shape index (κ2) is 2.56. The van der Waals surface area contributed by atoms with E-state index in [2.05, 4.69) is 4.99 Å². The highest BCUT2D eigenvalue weighted by molar-refractivity contribution is 8.37. The maximum absolute atomic E-state index is 11.0. The number of aliphatic imine (C=N–C) groups is 1. The third-order valence-electron chi connectivity index (χ3n) is 0.933. The topological polar surface area (TPSA) is 46.5 Å². The van der Waals surface area contributed by atoms with Gasteiger partial charge in [0.25, 0.3) is 0 Å². The summed E-state index contributed by atoms with van der Waals surface area (Å²) in [5.74, 6) is 0. The summed E-state index contributed by atoms with van der Waals surface area (Å²) in [6.07, 6.45) is 2.78. The molecule has 0 aliphatic carbocycles. The minimum atomic E-state index is -3.38. The highest BCUT2D eigenvalue weighted by atomic mass is 35.5. The smallest absolute Gasteiger partial charge is 0.235 e. The van der Waals surface area contributed by atoms with Gasteiger partial charge in [0.15, 0.2) is 8.74 Å². The molecule has 1 aliphatic rings. The first-order chi connectivity index (χ1) is 4.59. The zero-order chi connectivity index (χ0) is 7.78. The average molecular weight is 198 g/mol. The Morgan fingerprint density at radius 2 is 2.30 bits per heavy atom. The van der Waals surface area contributed by atoms with Crippen LogP contribution in [0.15, 0.2) is 15.6 Å². The van der Waals surface area contributed by atoms with Crippen LogP contribution >= 0.6 is 23.4 Å². The highest BCUT2D eigenvalue weighted by Crippen LogP contribution is 2.24. The maximum Gasteiger partial charge on any atom is 0.242 e. The molecule has 0 unspecified atom stereocenters. The van der Waals surface area contributed by atoms with E-state index in [1.165, 1.54) is 0 Å². The first-order valence-electron chi connectivity index (χ1n) is 2.31. The Kier molecular flexibility index (Phi) is 2.07. The van der Waals surface area contributed by atoms with Gasteiger partial charge >= 0.3 is 0 Å². The van der Waals surface area contributed by atoms with Gasteiger partial charge in [-0.3, -0.25) is 0 Å². The van der Waals surface area contributed by atoms with Crippen molar-refractivity contribution >= 4 is 37.6 Å². The third-order valence-corrected chi connectivity index (χ3v) is 4.44. The molecule has 1 aliphatic heterocycles. The van der Waals surface area contributed by atoms with Gasteiger partial charge in [0.2, 0.25) is 9.84 Å². The van der Waals surface area contributed by atoms with Gasteiger partial charge in [-0.25, -0.2) is 13.4 Å². The Morgan fingerprint density at radius 1 is 1.70 bits per heavy atom. The highest BCUT2D eigenvalue weighted by Gasteiger charge is 2.27. The van der Waals surface area contributed by atoms with Crippen molar-refractivity contribution in [2.24, 2.45) is 4.99 Å². The summed E-state index contributed by atoms with van der Waals surface area (Å²) in [5.41, 5.74) is 0. The van der Waals surface area contributed by atoms with Crippen molar-refractivity contribution in [1.29, 1.82) is 0 Å². The number of halogens is 1. The summed E-state index contributed by atoms with van der Waals surface area (Å²) in [6.45, 7) is 0. The zero-order valence-corrected chi connectivity index (χ0v) is 7.42. The molecule has 1 rings (SSSR count). The molecule has 3 nitrogen and oxygen atoms in total. The van der Waals surface area contributed by atoms with E-state index in [4.69, 9.17) is 11.6 Å². The largest absolute Gasteiger partial charge is 0.242 e. The zero-order valence-electron chi connectivity index (χ0n) is 5.04. The van der Waals surface area contributed by atoms with E-state index in [9.17, 15) is 8.42 Å². The summed E-state index contributed by atoms with van der Waals surface area (Å²) in [7, 11) is -3.38. The number of hydrogen-bond acceptors (Lipinski definition) is 4. The number of thioether (sulfide) groups is 1. The van der Waals surface area contributed by atoms with Crippen molar-refractivity contribution in [2.75, 3.05) is 6.26 Å². The van der Waals surface area contributed by atoms with Crippen LogP contribution in [0.2, 0.25) is 0 Å². The monoisotopic (exact) mass is 197 g/mol. The number of rotatable bonds is 0. The molecule has 0 aromatic carbocycles. The Balaban J connectivity index is 3.14. The molecule has 1 heterocycles. The lowest BCUT2D eigenvalue weighted by molar-refractivity contribution is 0.615. The average Bonchev–Trinajstić information content (AvgIpc) is 2.10. The first-order valence-corrected chi connectivity index (χ1v) is 5.40. The quantitative estimate of drug-likeness (QED) is 0.586. The SMILES string of the molecule is CSC1=NC=C(Cl)S1(=O)=O. The molecule has 0 spiro atoms. The second-order valence-corrected chi connectivity index (χ2v) is 5.05. The number of nitrogens with zero attached hydrogens (tertiary/aromatic N) is 1. The predicted octanol–water partition coefficient (Wildman–Crippen LogP) is 1.17. The Hall–Kier alpha value is -0.000000000000000111. The van der Waals surface area contributed by atoms with Gasteiger partial charge in [-0.05, 0) is 6.26 Å². The molecule has 0 saturated carbocycles. The van der Waals surface area contributed by atoms with Gasteiger partial charge in [-0.15, -0.1) is 0 Å². The van der Waals surface area contributed by atoms with E-state index in [0.29, 0.717) is 0 Å². The second-order valence-electron chi connectivity index (χ2n) is 1.54. The molecule has 0 fully saturated rings. The Morgan fingerprint density at radius 3 is 2.50 bits per heavy atom. The van der Waals surface area contributed by atoms with Gasteiger partial charge in [0.05, 0.1) is 6.20 Å². The maximum atomic E-state index is 11.0. The van der Waals surface area contributed by atoms with Crippen LogP contribution in [0, 0.1) is 0 Å². The van der Waals surface area contributed by atoms with Crippen molar-refractivity contribution in [2.45, 2.75) is 0 Å². The molecule has 6 heteroatoms. The van der Waals surface area contributed by atoms with E-state index in [1.807, 2.05) is 0 Å². The van der Waals surface area contributed by atoms with Crippen molar-refractivity contribution in [1.82, 2.24) is 0 Å². The molecule has 56 valence electrons. The Bertz CT molecular complexity index is 303. The molecule has 0 atom stereocenters. The van der Waals surface area contributed by atoms with Crippen molar-refractivity contribution in [3.63, 3.8) is 0 Å². The molecule has 0 aromatic heterocycles. The lowest BCUT2D eigenvalue weighted by Gasteiger charge is -1.93. The van der Waals surface area contributed by atoms with Gasteiger partial charge in [0.1, 0.15) is 0 Å². The lowest BCUT2D eigenvalue weighted by atomic mass is 11.0. The third kappa shape index (κ3) is 1.09. The van der Waals surface area contributed by atoms with E-state index in [-0.39, 0.29) is 8.74 Å². The number of sulfone groups is 1. The Labute approximate surface area is 68.1 Å². The van der Waals surface area contributed by atoms with E-state index in [1.54, 1.807) is 6.26 Å². The molecule has 0 bridgehead atoms. The van der Waals surface area contributed by atoms with Gasteiger partial charge in [-0.2, -0.15) is 0 Å². The summed E-state index contributed by atoms with van der Waals surface area (Å²) in [6, 6.07) is 0. The van der Waals surface area contributed by atoms with E-state index >= 15 is 0 Å². The van der Waals surface area contributed by atoms with Crippen molar-refractivity contribution in [3.8, 4) is 0 Å². The molecule has 0 saturated heterocycles. The molecule has 10 heavy (non-hydrogen) atoms. The van der Waals surface area contributed by atoms with Crippen LogP contribution in [0.5, 0.6) is 0 Å². The van der Waals surface area contributed by atoms with Gasteiger partial charge < -0.3 is 0 Å². The van der Waals surface area contributed by atoms with Gasteiger partial charge in [0, 0.05) is 0 Å². The van der Waals surface area contributed by atoms with Crippen LogP contribution in [0.4, 0.5) is 0 Å². The van der Waals surface area contributed by atoms with Crippen LogP contribution in [0.3, 0.4) is 0 Å². The molecule has 0 aromatic rings. The summed E-state index contributed by atoms with van der Waals surface area (Å²) < 4.78 is 21.8. The fraction of sp³-hybridized carbons (Fsp3) is 0.250. The minimum absolute atomic E-state index is 0.0671. The molecule has 0 amide bonds. The standard InChI is InChI=1S/C4H4ClNO2S2/c1-9-4-6-2-3(5)10(4,7)8/h2H,1H3. The first kappa shape index (κ1) is 8.10. The van der Waals surface area contributed by atoms with Crippen LogP contribution in [-0.2, 0) is 9.84 Å². The van der Waals surface area contributed by atoms with Crippen LogP contribution in [-0.4, -0.2) is 19.0 Å². The fourth-order valence-corrected chi connectivity index (χ4v) is 2.75. The molecular formula is C4H4ClNO2S2. The van der Waals surface area contributed by atoms with Crippen LogP contribution in [0.25, 0.3) is 0 Å². The summed E-state index contributed by atoms with van der Waals surface area (Å²) in [5, 5.41) is 0. The van der Waals surface area contributed by atoms with E-state index < -0.39 is 9.84 Å². The fourth-order valence-electron chi connectivity index (χ4n) is 0.488. The van der Waals surface area contributed by atoms with E-state index in [0.717, 1.165) is 18.0 Å². The normalized spacial score (nSPS) is 22.2. The predicted molar refractivity (Wildman–Crippen MR) is 43.8 cm³/mol. The van der Waals surface area contributed by atoms with Crippen molar-refractivity contribution < 1.29 is 8.42 Å². The lowest BCUT2D eigenvalue weighted by Crippen LogP contribution is -2.05. The van der Waals surface area contributed by atoms with Crippen molar-refractivity contribution in [3.05, 3.63) is 10.6 Å². The number of hydrogen-bond donors (Lipinski definition) is 0. The molecular weight excluding hydrogens is 194 g/mol.